The van der Waals surface area contributed by atoms with Gasteiger partial charge in [-0.1, -0.05) is 313 Å². The van der Waals surface area contributed by atoms with Crippen LogP contribution < -0.4 is 4.89 Å². The quantitative estimate of drug-likeness (QED) is 0.0195. The third-order valence-corrected chi connectivity index (χ3v) is 16.5. The second kappa shape index (κ2) is 70.9. The molecule has 92 heavy (non-hydrogen) atoms. The molecule has 0 saturated carbocycles. The van der Waals surface area contributed by atoms with Gasteiger partial charge in [0.15, 0.2) is 6.10 Å². The Hall–Kier alpha value is -4.37. The minimum atomic E-state index is -4.66. The summed E-state index contributed by atoms with van der Waals surface area (Å²) < 4.78 is 34.3. The highest BCUT2D eigenvalue weighted by atomic mass is 31.2. The first kappa shape index (κ1) is 87.6. The third kappa shape index (κ3) is 74.7. The van der Waals surface area contributed by atoms with Crippen molar-refractivity contribution in [2.75, 3.05) is 47.5 Å². The lowest BCUT2D eigenvalue weighted by Gasteiger charge is -2.28. The van der Waals surface area contributed by atoms with Crippen molar-refractivity contribution in [1.29, 1.82) is 0 Å². The van der Waals surface area contributed by atoms with Gasteiger partial charge in [-0.05, 0) is 128 Å². The predicted octanol–water partition coefficient (Wildman–Crippen LogP) is 24.1. The Labute approximate surface area is 566 Å². The zero-order valence-corrected chi connectivity index (χ0v) is 60.6. The molecule has 10 heteroatoms. The molecular formula is C82H138NO8P. The normalized spacial score (nSPS) is 14.0. The number of ether oxygens (including phenoxy) is 2. The largest absolute Gasteiger partial charge is 0.756 e. The minimum absolute atomic E-state index is 0.0448. The molecule has 0 saturated heterocycles. The van der Waals surface area contributed by atoms with Crippen LogP contribution in [0.2, 0.25) is 0 Å². The number of allylic oxidation sites excluding steroid dienone is 26. The molecule has 524 valence electrons. The molecule has 0 bridgehead atoms. The van der Waals surface area contributed by atoms with Crippen LogP contribution in [0.1, 0.15) is 296 Å². The summed E-state index contributed by atoms with van der Waals surface area (Å²) in [7, 11) is 1.13. The van der Waals surface area contributed by atoms with Crippen molar-refractivity contribution in [2.24, 2.45) is 0 Å². The molecule has 0 amide bonds. The van der Waals surface area contributed by atoms with Crippen molar-refractivity contribution in [1.82, 2.24) is 0 Å². The predicted molar refractivity (Wildman–Crippen MR) is 397 cm³/mol. The summed E-state index contributed by atoms with van der Waals surface area (Å²) in [4.78, 5) is 38.1. The zero-order chi connectivity index (χ0) is 66.9. The van der Waals surface area contributed by atoms with E-state index in [1.807, 2.05) is 21.1 Å². The van der Waals surface area contributed by atoms with Crippen LogP contribution in [0, 0.1) is 0 Å². The Morgan fingerprint density at radius 3 is 0.935 bits per heavy atom. The van der Waals surface area contributed by atoms with Crippen LogP contribution in [-0.2, 0) is 32.7 Å². The summed E-state index contributed by atoms with van der Waals surface area (Å²) in [5.41, 5.74) is 0. The number of unbranched alkanes of at least 4 members (excludes halogenated alkanes) is 27. The molecule has 0 aromatic carbocycles. The second-order valence-electron chi connectivity index (χ2n) is 25.6. The number of likely N-dealkylation sites (N-methyl/N-ethyl adjacent to an activating group) is 1. The molecule has 0 aromatic heterocycles. The zero-order valence-electron chi connectivity index (χ0n) is 59.7. The minimum Gasteiger partial charge on any atom is -0.756 e. The van der Waals surface area contributed by atoms with Crippen molar-refractivity contribution < 1.29 is 42.1 Å². The van der Waals surface area contributed by atoms with Crippen LogP contribution in [-0.4, -0.2) is 70.0 Å². The number of rotatable bonds is 67. The standard InChI is InChI=1S/C82H138NO8P/c1-6-8-10-12-14-16-18-20-22-24-26-28-30-32-34-36-38-39-40-41-42-43-45-47-49-51-53-55-57-59-61-63-65-67-69-71-73-75-82(85)91-80(79-90-92(86,87)89-77-76-83(3,4)5)78-88-81(84)74-72-70-68-66-64-62-60-58-56-54-52-50-48-46-44-37-35-33-31-29-27-25-23-21-19-17-15-13-11-9-7-2/h8,10,14,16,19-22,25-28,32,34,38-39,41-42,45,47,51,53,57,59,63,65,80H,6-7,9,11-13,15,17-18,23-24,29-31,33,35-37,40,43-44,46,48-50,52,54-56,58,60-62,64,66-79H2,1-5H3/b10-8-,16-14-,21-19-,22-20-,27-25-,28-26-,34-32-,39-38-,42-41-,47-45-,53-51-,59-57-,65-63-. The van der Waals surface area contributed by atoms with E-state index in [-0.39, 0.29) is 26.1 Å². The van der Waals surface area contributed by atoms with E-state index in [1.54, 1.807) is 0 Å². The lowest BCUT2D eigenvalue weighted by Crippen LogP contribution is -2.37. The fourth-order valence-electron chi connectivity index (χ4n) is 9.87. The van der Waals surface area contributed by atoms with E-state index in [0.717, 1.165) is 116 Å². The SMILES string of the molecule is CC/C=C\C/C=C\C/C=C\C/C=C\C/C=C\C/C=C\C/C=C\C/C=C\C/C=C\C/C=C\C/C=C\CCCCCC(=O)OC(COC(=O)CCCCCCCCCCCCCCCCCCCCC/C=C\C/C=C\CCCCCCC)COP(=O)([O-])OCC[N+](C)(C)C. The summed E-state index contributed by atoms with van der Waals surface area (Å²) in [6, 6.07) is 0. The maximum absolute atomic E-state index is 12.9. The molecule has 0 aliphatic heterocycles. The number of phosphoric ester groups is 1. The van der Waals surface area contributed by atoms with Crippen molar-refractivity contribution in [3.8, 4) is 0 Å². The maximum Gasteiger partial charge on any atom is 0.306 e. The van der Waals surface area contributed by atoms with Crippen molar-refractivity contribution in [3.63, 3.8) is 0 Å². The topological polar surface area (TPSA) is 111 Å². The van der Waals surface area contributed by atoms with Crippen LogP contribution in [0.15, 0.2) is 158 Å². The number of nitrogens with zero attached hydrogens (tertiary/aromatic N) is 1. The third-order valence-electron chi connectivity index (χ3n) is 15.5. The number of phosphoric acid groups is 1. The molecule has 0 aliphatic rings. The van der Waals surface area contributed by atoms with Crippen LogP contribution in [0.25, 0.3) is 0 Å². The average molecular weight is 1300 g/mol. The van der Waals surface area contributed by atoms with Gasteiger partial charge in [0.2, 0.25) is 0 Å². The van der Waals surface area contributed by atoms with Crippen LogP contribution >= 0.6 is 7.82 Å². The van der Waals surface area contributed by atoms with Gasteiger partial charge in [0.1, 0.15) is 19.8 Å². The first-order chi connectivity index (χ1) is 45.0. The van der Waals surface area contributed by atoms with Gasteiger partial charge in [-0.3, -0.25) is 14.2 Å². The first-order valence-electron chi connectivity index (χ1n) is 37.2. The van der Waals surface area contributed by atoms with Crippen molar-refractivity contribution in [3.05, 3.63) is 158 Å². The second-order valence-corrected chi connectivity index (χ2v) is 27.0. The average Bonchev–Trinajstić information content (AvgIpc) is 2.34. The van der Waals surface area contributed by atoms with Gasteiger partial charge >= 0.3 is 11.9 Å². The summed E-state index contributed by atoms with van der Waals surface area (Å²) in [6.45, 7) is 4.08. The molecule has 0 N–H and O–H groups in total. The Morgan fingerprint density at radius 1 is 0.348 bits per heavy atom. The number of carbonyl (C=O) groups is 2. The van der Waals surface area contributed by atoms with E-state index < -0.39 is 32.5 Å². The van der Waals surface area contributed by atoms with Crippen LogP contribution in [0.4, 0.5) is 0 Å². The molecule has 0 radical (unpaired) electrons. The summed E-state index contributed by atoms with van der Waals surface area (Å²) >= 11 is 0. The van der Waals surface area contributed by atoms with Crippen LogP contribution in [0.5, 0.6) is 0 Å². The molecular weight excluding hydrogens is 1160 g/mol. The van der Waals surface area contributed by atoms with Crippen molar-refractivity contribution in [2.45, 2.75) is 302 Å². The Balaban J connectivity index is 4.14. The number of quaternary nitrogens is 1. The summed E-state index contributed by atoms with van der Waals surface area (Å²) in [5.74, 6) is -0.874. The number of carbonyl (C=O) groups excluding carboxylic acids is 2. The monoisotopic (exact) mass is 1300 g/mol. The summed E-state index contributed by atoms with van der Waals surface area (Å²) in [6.07, 6.45) is 106. The highest BCUT2D eigenvalue weighted by Gasteiger charge is 2.22. The molecule has 2 atom stereocenters. The van der Waals surface area contributed by atoms with Gasteiger partial charge < -0.3 is 27.9 Å². The van der Waals surface area contributed by atoms with E-state index >= 15 is 0 Å². The van der Waals surface area contributed by atoms with Gasteiger partial charge in [-0.25, -0.2) is 0 Å². The molecule has 0 aromatic rings. The fraction of sp³-hybridized carbons (Fsp3) is 0.659. The van der Waals surface area contributed by atoms with E-state index in [2.05, 4.69) is 172 Å². The first-order valence-corrected chi connectivity index (χ1v) is 38.7. The molecule has 0 heterocycles. The number of esters is 2. The van der Waals surface area contributed by atoms with Crippen molar-refractivity contribution >= 4 is 19.8 Å². The van der Waals surface area contributed by atoms with E-state index in [0.29, 0.717) is 17.4 Å². The highest BCUT2D eigenvalue weighted by Crippen LogP contribution is 2.38. The van der Waals surface area contributed by atoms with E-state index in [9.17, 15) is 19.0 Å². The number of hydrogen-bond acceptors (Lipinski definition) is 8. The Morgan fingerprint density at radius 2 is 0.620 bits per heavy atom. The van der Waals surface area contributed by atoms with Gasteiger partial charge in [0, 0.05) is 12.8 Å². The van der Waals surface area contributed by atoms with Gasteiger partial charge in [0.05, 0.1) is 27.7 Å². The molecule has 2 unspecified atom stereocenters. The molecule has 0 spiro atoms. The molecule has 0 fully saturated rings. The van der Waals surface area contributed by atoms with Crippen LogP contribution in [0.3, 0.4) is 0 Å². The lowest BCUT2D eigenvalue weighted by molar-refractivity contribution is -0.870. The molecule has 0 rings (SSSR count). The highest BCUT2D eigenvalue weighted by molar-refractivity contribution is 7.45. The Bertz CT molecular complexity index is 2110. The molecule has 9 nitrogen and oxygen atoms in total. The lowest BCUT2D eigenvalue weighted by atomic mass is 10.0. The van der Waals surface area contributed by atoms with E-state index in [4.69, 9.17) is 18.5 Å². The van der Waals surface area contributed by atoms with Gasteiger partial charge in [0.25, 0.3) is 7.82 Å². The summed E-state index contributed by atoms with van der Waals surface area (Å²) in [5, 5.41) is 0. The van der Waals surface area contributed by atoms with Gasteiger partial charge in [-0.2, -0.15) is 0 Å². The van der Waals surface area contributed by atoms with Gasteiger partial charge in [-0.15, -0.1) is 0 Å². The Kier molecular flexibility index (Phi) is 67.6. The smallest absolute Gasteiger partial charge is 0.306 e. The fourth-order valence-corrected chi connectivity index (χ4v) is 10.6. The molecule has 0 aliphatic carbocycles. The van der Waals surface area contributed by atoms with E-state index in [1.165, 1.54) is 148 Å². The number of hydrogen-bond donors (Lipinski definition) is 0. The maximum atomic E-state index is 12.9.